The van der Waals surface area contributed by atoms with Crippen molar-refractivity contribution in [1.82, 2.24) is 0 Å². The number of Topliss-reactive ketones (excluding diaryl/α,β-unsaturated/α-hetero) is 3. The summed E-state index contributed by atoms with van der Waals surface area (Å²) >= 11 is 5.17. The maximum absolute atomic E-state index is 10.9. The number of aliphatic hydroxyl groups is 1. The van der Waals surface area contributed by atoms with Crippen molar-refractivity contribution >= 4 is 34.8 Å². The minimum absolute atomic E-state index is 0.799. The van der Waals surface area contributed by atoms with Gasteiger partial charge in [-0.15, -0.1) is 0 Å². The summed E-state index contributed by atoms with van der Waals surface area (Å²) in [5, 5.41) is 14.7. The minimum Gasteiger partial charge on any atom is -0.503 e. The number of allylic oxidation sites excluding steroid dienone is 2. The largest absolute Gasteiger partial charge is 0.503 e. The van der Waals surface area contributed by atoms with Crippen LogP contribution < -0.4 is 0 Å². The van der Waals surface area contributed by atoms with Crippen molar-refractivity contribution in [2.45, 2.75) is 0 Å². The molecule has 0 aromatic carbocycles. The Morgan fingerprint density at radius 1 is 1.15 bits per heavy atom. The van der Waals surface area contributed by atoms with E-state index in [1.807, 2.05) is 0 Å². The molecule has 0 aliphatic heterocycles. The molecular formula is C7H2ClNO4. The second-order valence-corrected chi connectivity index (χ2v) is 2.53. The van der Waals surface area contributed by atoms with Gasteiger partial charge in [-0.1, -0.05) is 11.6 Å². The number of aliphatic hydroxyl groups excluding tert-OH is 1. The Kier molecular flexibility index (Phi) is 2.14. The molecule has 1 rings (SSSR count). The van der Waals surface area contributed by atoms with E-state index in [0.29, 0.717) is 0 Å². The van der Waals surface area contributed by atoms with Crippen LogP contribution in [0.15, 0.2) is 16.4 Å². The van der Waals surface area contributed by atoms with Gasteiger partial charge in [-0.25, -0.2) is 0 Å². The SMILES string of the molecule is N=C=C1C(=O)C(=O)C(Cl)=C(O)C1=O. The molecule has 0 atom stereocenters. The number of halogens is 1. The van der Waals surface area contributed by atoms with Crippen LogP contribution in [0.1, 0.15) is 0 Å². The standard InChI is InChI=1S/C7H2ClNO4/c8-3-6(12)4(10)2(1-9)5(11)7(3)13/h9,12H. The van der Waals surface area contributed by atoms with Crippen LogP contribution in [0.25, 0.3) is 0 Å². The summed E-state index contributed by atoms with van der Waals surface area (Å²) in [5.41, 5.74) is -0.799. The van der Waals surface area contributed by atoms with Crippen LogP contribution in [0.3, 0.4) is 0 Å². The van der Waals surface area contributed by atoms with Crippen LogP contribution in [0.5, 0.6) is 0 Å². The molecule has 0 radical (unpaired) electrons. The zero-order chi connectivity index (χ0) is 10.2. The molecule has 0 amide bonds. The van der Waals surface area contributed by atoms with Crippen LogP contribution in [-0.4, -0.2) is 28.3 Å². The first-order valence-electron chi connectivity index (χ1n) is 3.02. The van der Waals surface area contributed by atoms with Gasteiger partial charge < -0.3 is 5.11 Å². The Labute approximate surface area is 76.8 Å². The summed E-state index contributed by atoms with van der Waals surface area (Å²) in [6, 6.07) is 0. The summed E-state index contributed by atoms with van der Waals surface area (Å²) in [7, 11) is 0. The molecule has 66 valence electrons. The maximum atomic E-state index is 10.9. The second kappa shape index (κ2) is 2.97. The fourth-order valence-corrected chi connectivity index (χ4v) is 0.927. The molecule has 13 heavy (non-hydrogen) atoms. The molecule has 0 spiro atoms. The summed E-state index contributed by atoms with van der Waals surface area (Å²) in [6.45, 7) is 0. The molecule has 0 bridgehead atoms. The second-order valence-electron chi connectivity index (χ2n) is 2.15. The highest BCUT2D eigenvalue weighted by atomic mass is 35.5. The van der Waals surface area contributed by atoms with Crippen molar-refractivity contribution in [2.75, 3.05) is 0 Å². The maximum Gasteiger partial charge on any atom is 0.249 e. The van der Waals surface area contributed by atoms with E-state index in [1.54, 1.807) is 0 Å². The molecule has 0 fully saturated rings. The lowest BCUT2D eigenvalue weighted by Crippen LogP contribution is -2.30. The lowest BCUT2D eigenvalue weighted by Gasteiger charge is -2.08. The van der Waals surface area contributed by atoms with Crippen molar-refractivity contribution in [3.63, 3.8) is 0 Å². The Morgan fingerprint density at radius 3 is 2.15 bits per heavy atom. The number of carbonyl (C=O) groups is 3. The molecule has 6 heteroatoms. The Morgan fingerprint density at radius 2 is 1.69 bits per heavy atom. The number of hydrogen-bond acceptors (Lipinski definition) is 5. The van der Waals surface area contributed by atoms with E-state index in [-0.39, 0.29) is 0 Å². The lowest BCUT2D eigenvalue weighted by molar-refractivity contribution is -0.134. The third-order valence-corrected chi connectivity index (χ3v) is 1.76. The molecule has 5 nitrogen and oxygen atoms in total. The fourth-order valence-electron chi connectivity index (χ4n) is 0.755. The van der Waals surface area contributed by atoms with Gasteiger partial charge in [0.05, 0.1) is 0 Å². The first kappa shape index (κ1) is 9.38. The molecule has 1 aliphatic carbocycles. The van der Waals surface area contributed by atoms with Gasteiger partial charge in [0.1, 0.15) is 10.6 Å². The fraction of sp³-hybridized carbons (Fsp3) is 0. The van der Waals surface area contributed by atoms with Gasteiger partial charge in [0.15, 0.2) is 5.76 Å². The zero-order valence-electron chi connectivity index (χ0n) is 6.05. The quantitative estimate of drug-likeness (QED) is 0.246. The van der Waals surface area contributed by atoms with Gasteiger partial charge in [-0.3, -0.25) is 19.8 Å². The average Bonchev–Trinajstić information content (AvgIpc) is 2.13. The van der Waals surface area contributed by atoms with E-state index >= 15 is 0 Å². The topological polar surface area (TPSA) is 95.3 Å². The van der Waals surface area contributed by atoms with Crippen LogP contribution in [0.4, 0.5) is 0 Å². The van der Waals surface area contributed by atoms with E-state index in [0.717, 1.165) is 0 Å². The van der Waals surface area contributed by atoms with E-state index in [9.17, 15) is 14.4 Å². The average molecular weight is 200 g/mol. The predicted molar refractivity (Wildman–Crippen MR) is 41.8 cm³/mol. The monoisotopic (exact) mass is 199 g/mol. The van der Waals surface area contributed by atoms with Crippen molar-refractivity contribution in [3.8, 4) is 0 Å². The molecule has 1 aliphatic rings. The first-order valence-corrected chi connectivity index (χ1v) is 3.40. The van der Waals surface area contributed by atoms with E-state index in [4.69, 9.17) is 22.1 Å². The van der Waals surface area contributed by atoms with Crippen LogP contribution in [-0.2, 0) is 14.4 Å². The summed E-state index contributed by atoms with van der Waals surface area (Å²) in [5.74, 6) is -3.10. The molecule has 2 N–H and O–H groups in total. The summed E-state index contributed by atoms with van der Waals surface area (Å²) < 4.78 is 0. The number of carbonyl (C=O) groups excluding carboxylic acids is 3. The third-order valence-electron chi connectivity index (χ3n) is 1.41. The number of ketones is 3. The number of hydrogen-bond donors (Lipinski definition) is 2. The molecule has 0 aromatic heterocycles. The van der Waals surface area contributed by atoms with E-state index in [1.165, 1.54) is 5.87 Å². The van der Waals surface area contributed by atoms with Crippen molar-refractivity contribution in [1.29, 1.82) is 5.41 Å². The Hall–Kier alpha value is -1.71. The summed E-state index contributed by atoms with van der Waals surface area (Å²) in [6.07, 6.45) is 0. The van der Waals surface area contributed by atoms with Crippen molar-refractivity contribution in [2.24, 2.45) is 0 Å². The highest BCUT2D eigenvalue weighted by Crippen LogP contribution is 2.20. The highest BCUT2D eigenvalue weighted by Gasteiger charge is 2.37. The van der Waals surface area contributed by atoms with Gasteiger partial charge in [-0.05, 0) is 5.87 Å². The highest BCUT2D eigenvalue weighted by molar-refractivity contribution is 6.68. The third kappa shape index (κ3) is 1.20. The van der Waals surface area contributed by atoms with Crippen LogP contribution >= 0.6 is 11.6 Å². The first-order chi connectivity index (χ1) is 6.00. The normalized spacial score (nSPS) is 17.9. The van der Waals surface area contributed by atoms with Crippen LogP contribution in [0.2, 0.25) is 0 Å². The van der Waals surface area contributed by atoms with Gasteiger partial charge in [0.2, 0.25) is 17.3 Å². The van der Waals surface area contributed by atoms with Gasteiger partial charge in [0, 0.05) is 0 Å². The van der Waals surface area contributed by atoms with E-state index < -0.39 is 33.7 Å². The smallest absolute Gasteiger partial charge is 0.249 e. The number of nitrogens with one attached hydrogen (secondary N) is 1. The Bertz CT molecular complexity index is 414. The zero-order valence-corrected chi connectivity index (χ0v) is 6.81. The molecule has 0 saturated heterocycles. The molecule has 0 unspecified atom stereocenters. The van der Waals surface area contributed by atoms with Gasteiger partial charge in [-0.2, -0.15) is 0 Å². The molecule has 0 saturated carbocycles. The summed E-state index contributed by atoms with van der Waals surface area (Å²) in [4.78, 5) is 32.7. The lowest BCUT2D eigenvalue weighted by atomic mass is 9.97. The van der Waals surface area contributed by atoms with Crippen molar-refractivity contribution in [3.05, 3.63) is 16.4 Å². The van der Waals surface area contributed by atoms with Gasteiger partial charge >= 0.3 is 0 Å². The van der Waals surface area contributed by atoms with Crippen molar-refractivity contribution < 1.29 is 19.5 Å². The molecule has 0 heterocycles. The molecule has 0 aromatic rings. The minimum atomic E-state index is -1.22. The van der Waals surface area contributed by atoms with Crippen LogP contribution in [0, 0.1) is 5.41 Å². The Balaban J connectivity index is 3.48. The van der Waals surface area contributed by atoms with E-state index in [2.05, 4.69) is 0 Å². The van der Waals surface area contributed by atoms with Gasteiger partial charge in [0.25, 0.3) is 0 Å². The molecular weight excluding hydrogens is 198 g/mol. The predicted octanol–water partition coefficient (Wildman–Crippen LogP) is -0.109. The number of rotatable bonds is 0.